The summed E-state index contributed by atoms with van der Waals surface area (Å²) in [6, 6.07) is 7.65. The number of rotatable bonds is 5. The molecule has 1 heterocycles. The summed E-state index contributed by atoms with van der Waals surface area (Å²) in [5, 5.41) is 3.53. The third kappa shape index (κ3) is 2.54. The van der Waals surface area contributed by atoms with Gasteiger partial charge in [-0.05, 0) is 55.8 Å². The number of nitrogens with one attached hydrogen (secondary N) is 1. The lowest BCUT2D eigenvalue weighted by molar-refractivity contribution is 0.254. The monoisotopic (exact) mass is 244 g/mol. The van der Waals surface area contributed by atoms with Crippen LogP contribution >= 0.6 is 0 Å². The molecule has 0 atom stereocenters. The minimum Gasteiger partial charge on any atom is -0.385 e. The normalized spacial score (nSPS) is 18.6. The highest BCUT2D eigenvalue weighted by Crippen LogP contribution is 2.31. The first-order valence-electron chi connectivity index (χ1n) is 7.47. The first kappa shape index (κ1) is 12.0. The lowest BCUT2D eigenvalue weighted by Crippen LogP contribution is -2.27. The molecular formula is C16H24N2. The fourth-order valence-electron chi connectivity index (χ4n) is 3.07. The van der Waals surface area contributed by atoms with Crippen LogP contribution < -0.4 is 5.32 Å². The van der Waals surface area contributed by atoms with Gasteiger partial charge >= 0.3 is 0 Å². The van der Waals surface area contributed by atoms with Gasteiger partial charge in [0.25, 0.3) is 0 Å². The van der Waals surface area contributed by atoms with Crippen molar-refractivity contribution in [3.63, 3.8) is 0 Å². The lowest BCUT2D eigenvalue weighted by Gasteiger charge is -2.26. The Hall–Kier alpha value is -1.02. The summed E-state index contributed by atoms with van der Waals surface area (Å²) in [7, 11) is 0. The third-order valence-corrected chi connectivity index (χ3v) is 4.14. The van der Waals surface area contributed by atoms with E-state index in [1.165, 1.54) is 44.3 Å². The highest BCUT2D eigenvalue weighted by atomic mass is 15.2. The Balaban J connectivity index is 1.78. The highest BCUT2D eigenvalue weighted by Gasteiger charge is 2.28. The van der Waals surface area contributed by atoms with Crippen LogP contribution in [-0.4, -0.2) is 24.0 Å². The van der Waals surface area contributed by atoms with E-state index in [1.54, 1.807) is 11.1 Å². The molecule has 18 heavy (non-hydrogen) atoms. The molecule has 1 aromatic carbocycles. The zero-order valence-corrected chi connectivity index (χ0v) is 11.4. The van der Waals surface area contributed by atoms with Gasteiger partial charge < -0.3 is 5.32 Å². The summed E-state index contributed by atoms with van der Waals surface area (Å²) >= 11 is 0. The first-order valence-corrected chi connectivity index (χ1v) is 7.47. The predicted octanol–water partition coefficient (Wildman–Crippen LogP) is 3.42. The Morgan fingerprint density at radius 2 is 2.22 bits per heavy atom. The van der Waals surface area contributed by atoms with Crippen LogP contribution in [0.4, 0.5) is 5.69 Å². The van der Waals surface area contributed by atoms with E-state index in [-0.39, 0.29) is 0 Å². The van der Waals surface area contributed by atoms with Gasteiger partial charge in [0, 0.05) is 24.8 Å². The molecule has 0 amide bonds. The van der Waals surface area contributed by atoms with Gasteiger partial charge in [-0.2, -0.15) is 0 Å². The van der Waals surface area contributed by atoms with Crippen molar-refractivity contribution < 1.29 is 0 Å². The molecule has 0 aromatic heterocycles. The summed E-state index contributed by atoms with van der Waals surface area (Å²) in [6.07, 6.45) is 6.62. The van der Waals surface area contributed by atoms with Gasteiger partial charge in [-0.15, -0.1) is 0 Å². The molecule has 1 aliphatic carbocycles. The molecule has 1 N–H and O–H groups in total. The van der Waals surface area contributed by atoms with E-state index in [4.69, 9.17) is 0 Å². The standard InChI is InChI=1S/C16H24N2/c1-2-11-18(14-8-9-14)12-13-5-3-7-16-15(13)6-4-10-17-16/h3,5,7,14,17H,2,4,6,8-12H2,1H3. The summed E-state index contributed by atoms with van der Waals surface area (Å²) < 4.78 is 0. The number of nitrogens with zero attached hydrogens (tertiary/aromatic N) is 1. The number of anilines is 1. The minimum atomic E-state index is 0.873. The lowest BCUT2D eigenvalue weighted by atomic mass is 9.97. The average molecular weight is 244 g/mol. The van der Waals surface area contributed by atoms with Crippen LogP contribution in [0.3, 0.4) is 0 Å². The fraction of sp³-hybridized carbons (Fsp3) is 0.625. The summed E-state index contributed by atoms with van der Waals surface area (Å²) in [4.78, 5) is 2.68. The Morgan fingerprint density at radius 1 is 1.33 bits per heavy atom. The molecule has 0 unspecified atom stereocenters. The molecule has 0 saturated heterocycles. The van der Waals surface area contributed by atoms with Crippen LogP contribution in [0.25, 0.3) is 0 Å². The van der Waals surface area contributed by atoms with Gasteiger partial charge in [-0.25, -0.2) is 0 Å². The van der Waals surface area contributed by atoms with Gasteiger partial charge in [0.1, 0.15) is 0 Å². The molecule has 2 nitrogen and oxygen atoms in total. The maximum absolute atomic E-state index is 3.53. The predicted molar refractivity (Wildman–Crippen MR) is 77.0 cm³/mol. The Bertz CT molecular complexity index is 410. The van der Waals surface area contributed by atoms with E-state index in [9.17, 15) is 0 Å². The largest absolute Gasteiger partial charge is 0.385 e. The molecule has 2 aliphatic rings. The second-order valence-electron chi connectivity index (χ2n) is 5.68. The Kier molecular flexibility index (Phi) is 3.55. The third-order valence-electron chi connectivity index (χ3n) is 4.14. The van der Waals surface area contributed by atoms with Crippen molar-refractivity contribution in [1.82, 2.24) is 4.90 Å². The number of hydrogen-bond acceptors (Lipinski definition) is 2. The molecule has 1 aliphatic heterocycles. The fourth-order valence-corrected chi connectivity index (χ4v) is 3.07. The second kappa shape index (κ2) is 5.31. The van der Waals surface area contributed by atoms with Gasteiger partial charge in [-0.1, -0.05) is 19.1 Å². The van der Waals surface area contributed by atoms with Crippen LogP contribution in [0.15, 0.2) is 18.2 Å². The van der Waals surface area contributed by atoms with Gasteiger partial charge in [0.05, 0.1) is 0 Å². The van der Waals surface area contributed by atoms with Crippen LogP contribution in [0.5, 0.6) is 0 Å². The summed E-state index contributed by atoms with van der Waals surface area (Å²) in [5.74, 6) is 0. The van der Waals surface area contributed by atoms with Crippen molar-refractivity contribution in [2.75, 3.05) is 18.4 Å². The topological polar surface area (TPSA) is 15.3 Å². The van der Waals surface area contributed by atoms with E-state index >= 15 is 0 Å². The van der Waals surface area contributed by atoms with Crippen molar-refractivity contribution in [3.8, 4) is 0 Å². The van der Waals surface area contributed by atoms with Gasteiger partial charge in [0.2, 0.25) is 0 Å². The maximum atomic E-state index is 3.53. The van der Waals surface area contributed by atoms with Crippen molar-refractivity contribution >= 4 is 5.69 Å². The number of fused-ring (bicyclic) bond motifs is 1. The number of hydrogen-bond donors (Lipinski definition) is 1. The van der Waals surface area contributed by atoms with Crippen molar-refractivity contribution in [2.45, 2.75) is 51.6 Å². The van der Waals surface area contributed by atoms with E-state index in [2.05, 4.69) is 35.3 Å². The van der Waals surface area contributed by atoms with E-state index in [0.29, 0.717) is 0 Å². The molecule has 2 heteroatoms. The van der Waals surface area contributed by atoms with Crippen LogP contribution in [0.2, 0.25) is 0 Å². The maximum Gasteiger partial charge on any atom is 0.0375 e. The average Bonchev–Trinajstić information content (AvgIpc) is 3.23. The molecular weight excluding hydrogens is 220 g/mol. The molecule has 3 rings (SSSR count). The first-order chi connectivity index (χ1) is 8.88. The molecule has 0 bridgehead atoms. The van der Waals surface area contributed by atoms with Crippen molar-refractivity contribution in [2.24, 2.45) is 0 Å². The molecule has 1 aromatic rings. The minimum absolute atomic E-state index is 0.873. The Labute approximate surface area is 110 Å². The van der Waals surface area contributed by atoms with Crippen LogP contribution in [0, 0.1) is 0 Å². The quantitative estimate of drug-likeness (QED) is 0.854. The van der Waals surface area contributed by atoms with E-state index in [0.717, 1.165) is 19.1 Å². The summed E-state index contributed by atoms with van der Waals surface area (Å²) in [6.45, 7) is 5.83. The smallest absolute Gasteiger partial charge is 0.0375 e. The highest BCUT2D eigenvalue weighted by molar-refractivity contribution is 5.56. The zero-order chi connectivity index (χ0) is 12.4. The van der Waals surface area contributed by atoms with E-state index < -0.39 is 0 Å². The van der Waals surface area contributed by atoms with Gasteiger partial charge in [-0.3, -0.25) is 4.90 Å². The second-order valence-corrected chi connectivity index (χ2v) is 5.68. The van der Waals surface area contributed by atoms with E-state index in [1.807, 2.05) is 0 Å². The zero-order valence-electron chi connectivity index (χ0n) is 11.4. The van der Waals surface area contributed by atoms with Crippen LogP contribution in [0.1, 0.15) is 43.7 Å². The molecule has 98 valence electrons. The summed E-state index contributed by atoms with van der Waals surface area (Å²) in [5.41, 5.74) is 4.51. The Morgan fingerprint density at radius 3 is 3.00 bits per heavy atom. The molecule has 0 radical (unpaired) electrons. The number of benzene rings is 1. The van der Waals surface area contributed by atoms with Gasteiger partial charge in [0.15, 0.2) is 0 Å². The molecule has 1 fully saturated rings. The SMILES string of the molecule is CCCN(Cc1cccc2c1CCCN2)C1CC1. The molecule has 1 saturated carbocycles. The van der Waals surface area contributed by atoms with Crippen LogP contribution in [-0.2, 0) is 13.0 Å². The van der Waals surface area contributed by atoms with Crippen molar-refractivity contribution in [1.29, 1.82) is 0 Å². The van der Waals surface area contributed by atoms with Crippen molar-refractivity contribution in [3.05, 3.63) is 29.3 Å². The molecule has 0 spiro atoms.